The maximum Gasteiger partial charge on any atom is 0.333 e. The number of aromatic hydroxyl groups is 1. The number of piperazine rings is 1. The normalized spacial score (nSPS) is 30.2. The van der Waals surface area contributed by atoms with Crippen LogP contribution < -0.4 is 29.6 Å². The first kappa shape index (κ1) is 38.2. The number of nitrogens with zero attached hydrogens (tertiary/aromatic N) is 1. The molecule has 9 atom stereocenters. The van der Waals surface area contributed by atoms with Crippen LogP contribution in [0.5, 0.6) is 28.7 Å². The monoisotopic (exact) mass is 826 g/mol. The minimum atomic E-state index is -1.47. The van der Waals surface area contributed by atoms with E-state index < -0.39 is 65.1 Å². The number of ether oxygens (including phenoxy) is 6. The van der Waals surface area contributed by atoms with Crippen molar-refractivity contribution in [3.8, 4) is 28.7 Å². The topological polar surface area (TPSA) is 190 Å². The summed E-state index contributed by atoms with van der Waals surface area (Å²) in [6.07, 6.45) is -0.624. The quantitative estimate of drug-likeness (QED) is 0.144. The number of aliphatic hydroxyl groups is 1. The number of aliphatic hydroxyl groups excluding tert-OH is 1. The zero-order valence-corrected chi connectivity index (χ0v) is 34.3. The molecule has 59 heavy (non-hydrogen) atoms. The van der Waals surface area contributed by atoms with Crippen LogP contribution in [-0.2, 0) is 35.8 Å². The lowest BCUT2D eigenvalue weighted by Crippen LogP contribution is -2.70. The first-order valence-electron chi connectivity index (χ1n) is 19.9. The number of rotatable bonds is 4. The van der Waals surface area contributed by atoms with E-state index in [9.17, 15) is 19.8 Å². The molecule has 1 aromatic heterocycles. The largest absolute Gasteiger partial charge is 0.504 e. The Morgan fingerprint density at radius 1 is 1.05 bits per heavy atom. The van der Waals surface area contributed by atoms with E-state index >= 15 is 4.79 Å². The molecule has 7 aliphatic rings. The van der Waals surface area contributed by atoms with E-state index in [1.807, 2.05) is 56.0 Å². The van der Waals surface area contributed by atoms with Crippen LogP contribution >= 0.6 is 11.8 Å². The highest BCUT2D eigenvalue weighted by Gasteiger charge is 2.61. The van der Waals surface area contributed by atoms with Gasteiger partial charge >= 0.3 is 17.9 Å². The van der Waals surface area contributed by atoms with Crippen LogP contribution in [-0.4, -0.2) is 95.2 Å². The summed E-state index contributed by atoms with van der Waals surface area (Å²) < 4.78 is 36.2. The molecule has 0 aliphatic carbocycles. The maximum atomic E-state index is 15.1. The van der Waals surface area contributed by atoms with E-state index in [1.54, 1.807) is 0 Å². The standard InChI is InChI=1S/C43H46N4O11S/c1-17-11-24-18(2)31-41(51)47-27-14-55-42(52)43(40-25(12-22(46-43)13-54-20(4)48)23-9-7-8-10-26(23)44-40)15-59-39(33(47)32(45-31)28(24)34(50)35(17)53-6)30-29(27)38-37(56-16-57-38)19(3)36(30)58-21(5)49/h7-11,18,22,27,31-33,39,41,44-46,50-51H,12-16H2,1-6H3/t18?,22-,27-,31-,32+,33+,39+,41-,43+/m0/s1. The lowest BCUT2D eigenvalue weighted by molar-refractivity contribution is -0.166. The van der Waals surface area contributed by atoms with Gasteiger partial charge in [0, 0.05) is 70.8 Å². The molecule has 4 aromatic rings. The fraction of sp³-hybridized carbons (Fsp3) is 0.465. The van der Waals surface area contributed by atoms with E-state index in [2.05, 4.69) is 15.6 Å². The average Bonchev–Trinajstić information content (AvgIpc) is 3.85. The molecule has 0 saturated carbocycles. The molecule has 0 radical (unpaired) electrons. The number of esters is 3. The molecule has 3 aromatic carbocycles. The van der Waals surface area contributed by atoms with Gasteiger partial charge in [0.15, 0.2) is 28.5 Å². The number of H-pyrrole nitrogens is 1. The number of methoxy groups -OCH3 is 1. The molecule has 15 nitrogen and oxygen atoms in total. The van der Waals surface area contributed by atoms with Crippen LogP contribution in [0.1, 0.15) is 88.7 Å². The Labute approximate surface area is 344 Å². The molecular weight excluding hydrogens is 781 g/mol. The van der Waals surface area contributed by atoms with Crippen molar-refractivity contribution >= 4 is 40.6 Å². The summed E-state index contributed by atoms with van der Waals surface area (Å²) in [4.78, 5) is 45.8. The molecule has 310 valence electrons. The number of carbonyl (C=O) groups is 3. The number of hydrogen-bond donors (Lipinski definition) is 5. The third kappa shape index (κ3) is 5.45. The highest BCUT2D eigenvalue weighted by molar-refractivity contribution is 7.99. The third-order valence-corrected chi connectivity index (χ3v) is 14.6. The summed E-state index contributed by atoms with van der Waals surface area (Å²) in [5, 5.41) is 32.4. The molecule has 5 N–H and O–H groups in total. The van der Waals surface area contributed by atoms with Crippen molar-refractivity contribution in [2.45, 2.75) is 94.2 Å². The number of phenolic OH excluding ortho intramolecular Hbond substituents is 1. The summed E-state index contributed by atoms with van der Waals surface area (Å²) in [6, 6.07) is 6.89. The van der Waals surface area contributed by atoms with Crippen LogP contribution in [0.4, 0.5) is 0 Å². The lowest BCUT2D eigenvalue weighted by Gasteiger charge is -2.60. The van der Waals surface area contributed by atoms with Crippen molar-refractivity contribution in [3.05, 3.63) is 75.0 Å². The number of carbonyl (C=O) groups excluding carboxylic acids is 3. The molecule has 2 fully saturated rings. The lowest BCUT2D eigenvalue weighted by atomic mass is 9.71. The highest BCUT2D eigenvalue weighted by Crippen LogP contribution is 2.64. The maximum absolute atomic E-state index is 15.1. The number of aryl methyl sites for hydroxylation is 1. The second kappa shape index (κ2) is 13.8. The van der Waals surface area contributed by atoms with Gasteiger partial charge in [0.25, 0.3) is 0 Å². The van der Waals surface area contributed by atoms with Crippen LogP contribution in [0, 0.1) is 13.8 Å². The first-order chi connectivity index (χ1) is 28.3. The summed E-state index contributed by atoms with van der Waals surface area (Å²) in [5.41, 5.74) is 5.08. The summed E-state index contributed by atoms with van der Waals surface area (Å²) in [6.45, 7) is 8.14. The van der Waals surface area contributed by atoms with Gasteiger partial charge in [-0.05, 0) is 43.0 Å². The van der Waals surface area contributed by atoms with Gasteiger partial charge in [-0.15, -0.1) is 11.8 Å². The number of thioether (sulfide) groups is 1. The average molecular weight is 827 g/mol. The minimum absolute atomic E-state index is 0.00906. The first-order valence-corrected chi connectivity index (χ1v) is 21.0. The van der Waals surface area contributed by atoms with Gasteiger partial charge in [0.1, 0.15) is 25.2 Å². The smallest absolute Gasteiger partial charge is 0.333 e. The van der Waals surface area contributed by atoms with Gasteiger partial charge in [0.2, 0.25) is 6.79 Å². The highest BCUT2D eigenvalue weighted by atomic mass is 32.2. The van der Waals surface area contributed by atoms with Gasteiger partial charge in [-0.3, -0.25) is 19.8 Å². The van der Waals surface area contributed by atoms with Gasteiger partial charge < -0.3 is 48.9 Å². The molecular formula is C43H46N4O11S. The molecule has 4 bridgehead atoms. The second-order valence-electron chi connectivity index (χ2n) is 16.5. The van der Waals surface area contributed by atoms with Crippen LogP contribution in [0.15, 0.2) is 30.3 Å². The van der Waals surface area contributed by atoms with Crippen molar-refractivity contribution in [1.82, 2.24) is 20.5 Å². The van der Waals surface area contributed by atoms with Crippen molar-refractivity contribution in [2.75, 3.05) is 32.9 Å². The van der Waals surface area contributed by atoms with Gasteiger partial charge in [-0.25, -0.2) is 4.79 Å². The number of hydrogen-bond acceptors (Lipinski definition) is 15. The van der Waals surface area contributed by atoms with E-state index in [0.29, 0.717) is 57.4 Å². The second-order valence-corrected chi connectivity index (χ2v) is 17.6. The Hall–Kier alpha value is -5.00. The Balaban J connectivity index is 1.22. The zero-order valence-electron chi connectivity index (χ0n) is 33.5. The fourth-order valence-corrected chi connectivity index (χ4v) is 12.5. The Morgan fingerprint density at radius 3 is 2.59 bits per heavy atom. The van der Waals surface area contributed by atoms with E-state index in [0.717, 1.165) is 27.6 Å². The summed E-state index contributed by atoms with van der Waals surface area (Å²) >= 11 is 1.45. The molecule has 2 saturated heterocycles. The SMILES string of the molecule is COc1c(C)cc2c(c1O)[C@H]1N[C@@H](C2C)[C@H](O)N2[C@H]1[C@@H]1SC[C@]3(N[C@H](COC(C)=O)Cc4c3[nH]c3ccccc43)C(=O)OC[C@H]2c2c3c(c(C)c(OC(C)=O)c21)OCO3. The van der Waals surface area contributed by atoms with Gasteiger partial charge in [-0.2, -0.15) is 0 Å². The van der Waals surface area contributed by atoms with E-state index in [1.165, 1.54) is 32.7 Å². The molecule has 7 aliphatic heterocycles. The molecule has 16 heteroatoms. The Bertz CT molecular complexity index is 2470. The van der Waals surface area contributed by atoms with Crippen LogP contribution in [0.2, 0.25) is 0 Å². The third-order valence-electron chi connectivity index (χ3n) is 13.2. The number of benzene rings is 3. The molecule has 1 spiro atoms. The van der Waals surface area contributed by atoms with Crippen molar-refractivity contribution in [3.63, 3.8) is 0 Å². The summed E-state index contributed by atoms with van der Waals surface area (Å²) in [7, 11) is 1.53. The van der Waals surface area contributed by atoms with Crippen molar-refractivity contribution < 1.29 is 53.0 Å². The number of para-hydroxylation sites is 1. The van der Waals surface area contributed by atoms with E-state index in [4.69, 9.17) is 28.4 Å². The van der Waals surface area contributed by atoms with E-state index in [-0.39, 0.29) is 37.4 Å². The number of aromatic nitrogens is 1. The summed E-state index contributed by atoms with van der Waals surface area (Å²) in [5.74, 6) is -0.145. The molecule has 1 unspecified atom stereocenters. The van der Waals surface area contributed by atoms with Crippen molar-refractivity contribution in [2.24, 2.45) is 0 Å². The van der Waals surface area contributed by atoms with Crippen molar-refractivity contribution in [1.29, 1.82) is 0 Å². The zero-order chi connectivity index (χ0) is 41.2. The number of fused-ring (bicyclic) bond motifs is 11. The predicted molar refractivity (Wildman–Crippen MR) is 214 cm³/mol. The van der Waals surface area contributed by atoms with Crippen LogP contribution in [0.25, 0.3) is 10.9 Å². The molecule has 8 heterocycles. The fourth-order valence-electron chi connectivity index (χ4n) is 10.8. The van der Waals surface area contributed by atoms with Gasteiger partial charge in [0.05, 0.1) is 36.2 Å². The van der Waals surface area contributed by atoms with Gasteiger partial charge in [-0.1, -0.05) is 31.2 Å². The number of aromatic amines is 1. The Kier molecular flexibility index (Phi) is 8.92. The number of nitrogens with one attached hydrogen (secondary N) is 3. The Morgan fingerprint density at radius 2 is 1.83 bits per heavy atom. The minimum Gasteiger partial charge on any atom is -0.504 e. The molecule has 11 rings (SSSR count). The predicted octanol–water partition coefficient (Wildman–Crippen LogP) is 4.33. The number of phenols is 1. The molecule has 0 amide bonds. The van der Waals surface area contributed by atoms with Crippen LogP contribution in [0.3, 0.4) is 0 Å².